The van der Waals surface area contributed by atoms with E-state index in [0.717, 1.165) is 40.9 Å². The molecule has 1 aromatic rings. The van der Waals surface area contributed by atoms with Crippen LogP contribution in [0, 0.1) is 0 Å². The number of benzene rings is 1. The van der Waals surface area contributed by atoms with Crippen LogP contribution in [-0.4, -0.2) is 25.2 Å². The predicted molar refractivity (Wildman–Crippen MR) is 72.7 cm³/mol. The molecule has 0 aromatic heterocycles. The average molecular weight is 260 g/mol. The Morgan fingerprint density at radius 1 is 1.44 bits per heavy atom. The standard InChI is InChI=1S/C12H18ClNOS/c1-3-16-8-7-14-9-10-11(13)5-4-6-12(10)15-2/h4-6,14H,3,7-9H2,1-2H3. The Kier molecular flexibility index (Phi) is 6.69. The molecule has 0 heterocycles. The van der Waals surface area contributed by atoms with Gasteiger partial charge in [0, 0.05) is 29.4 Å². The van der Waals surface area contributed by atoms with Gasteiger partial charge in [-0.25, -0.2) is 0 Å². The summed E-state index contributed by atoms with van der Waals surface area (Å²) >= 11 is 8.05. The van der Waals surface area contributed by atoms with E-state index < -0.39 is 0 Å². The highest BCUT2D eigenvalue weighted by molar-refractivity contribution is 7.99. The fourth-order valence-corrected chi connectivity index (χ4v) is 2.21. The van der Waals surface area contributed by atoms with E-state index in [2.05, 4.69) is 12.2 Å². The Labute approximate surface area is 107 Å². The topological polar surface area (TPSA) is 21.3 Å². The quantitative estimate of drug-likeness (QED) is 0.760. The molecule has 0 aliphatic rings. The van der Waals surface area contributed by atoms with Crippen molar-refractivity contribution in [1.29, 1.82) is 0 Å². The third-order valence-electron chi connectivity index (χ3n) is 2.22. The van der Waals surface area contributed by atoms with Crippen LogP contribution in [0.3, 0.4) is 0 Å². The van der Waals surface area contributed by atoms with Crippen LogP contribution < -0.4 is 10.1 Å². The van der Waals surface area contributed by atoms with E-state index in [9.17, 15) is 0 Å². The van der Waals surface area contributed by atoms with Gasteiger partial charge in [-0.3, -0.25) is 0 Å². The van der Waals surface area contributed by atoms with Gasteiger partial charge < -0.3 is 10.1 Å². The monoisotopic (exact) mass is 259 g/mol. The largest absolute Gasteiger partial charge is 0.496 e. The number of ether oxygens (including phenoxy) is 1. The van der Waals surface area contributed by atoms with Crippen molar-refractivity contribution in [2.75, 3.05) is 25.2 Å². The summed E-state index contributed by atoms with van der Waals surface area (Å²) in [4.78, 5) is 0. The Bertz CT molecular complexity index is 320. The summed E-state index contributed by atoms with van der Waals surface area (Å²) in [6.07, 6.45) is 0. The maximum absolute atomic E-state index is 6.12. The number of hydrogen-bond donors (Lipinski definition) is 1. The first-order valence-corrected chi connectivity index (χ1v) is 6.92. The van der Waals surface area contributed by atoms with Crippen LogP contribution >= 0.6 is 23.4 Å². The molecule has 0 bridgehead atoms. The van der Waals surface area contributed by atoms with Crippen molar-refractivity contribution >= 4 is 23.4 Å². The zero-order valence-electron chi connectivity index (χ0n) is 9.75. The first-order chi connectivity index (χ1) is 7.79. The number of rotatable bonds is 7. The zero-order valence-corrected chi connectivity index (χ0v) is 11.3. The maximum Gasteiger partial charge on any atom is 0.124 e. The molecule has 0 aliphatic heterocycles. The lowest BCUT2D eigenvalue weighted by Gasteiger charge is -2.11. The van der Waals surface area contributed by atoms with Crippen LogP contribution in [0.5, 0.6) is 5.75 Å². The number of methoxy groups -OCH3 is 1. The fraction of sp³-hybridized carbons (Fsp3) is 0.500. The maximum atomic E-state index is 6.12. The Morgan fingerprint density at radius 3 is 2.94 bits per heavy atom. The molecule has 0 atom stereocenters. The Balaban J connectivity index is 2.46. The molecule has 1 rings (SSSR count). The molecule has 0 spiro atoms. The first-order valence-electron chi connectivity index (χ1n) is 5.39. The molecule has 0 saturated carbocycles. The van der Waals surface area contributed by atoms with Gasteiger partial charge in [0.05, 0.1) is 7.11 Å². The van der Waals surface area contributed by atoms with Crippen molar-refractivity contribution in [2.45, 2.75) is 13.5 Å². The Hall–Kier alpha value is -0.380. The third-order valence-corrected chi connectivity index (χ3v) is 3.48. The minimum Gasteiger partial charge on any atom is -0.496 e. The molecule has 1 aromatic carbocycles. The number of halogens is 1. The lowest BCUT2D eigenvalue weighted by molar-refractivity contribution is 0.408. The van der Waals surface area contributed by atoms with E-state index in [-0.39, 0.29) is 0 Å². The minimum absolute atomic E-state index is 0.757. The third kappa shape index (κ3) is 4.24. The van der Waals surface area contributed by atoms with E-state index in [0.29, 0.717) is 0 Å². The smallest absolute Gasteiger partial charge is 0.124 e. The molecule has 1 N–H and O–H groups in total. The normalized spacial score (nSPS) is 10.4. The first kappa shape index (κ1) is 13.7. The van der Waals surface area contributed by atoms with E-state index in [1.165, 1.54) is 0 Å². The average Bonchev–Trinajstić information content (AvgIpc) is 2.30. The minimum atomic E-state index is 0.757. The summed E-state index contributed by atoms with van der Waals surface area (Å²) in [5.74, 6) is 3.14. The van der Waals surface area contributed by atoms with Crippen LogP contribution in [0.4, 0.5) is 0 Å². The summed E-state index contributed by atoms with van der Waals surface area (Å²) in [7, 11) is 1.67. The molecule has 4 heteroatoms. The van der Waals surface area contributed by atoms with Gasteiger partial charge in [0.25, 0.3) is 0 Å². The highest BCUT2D eigenvalue weighted by Gasteiger charge is 2.06. The summed E-state index contributed by atoms with van der Waals surface area (Å²) in [6.45, 7) is 3.92. The van der Waals surface area contributed by atoms with Gasteiger partial charge in [0.1, 0.15) is 5.75 Å². The van der Waals surface area contributed by atoms with Gasteiger partial charge in [0.15, 0.2) is 0 Å². The molecule has 0 radical (unpaired) electrons. The van der Waals surface area contributed by atoms with Crippen molar-refractivity contribution < 1.29 is 4.74 Å². The SMILES string of the molecule is CCSCCNCc1c(Cl)cccc1OC. The molecule has 0 amide bonds. The van der Waals surface area contributed by atoms with E-state index in [1.54, 1.807) is 7.11 Å². The van der Waals surface area contributed by atoms with Gasteiger partial charge >= 0.3 is 0 Å². The molecular weight excluding hydrogens is 242 g/mol. The molecule has 0 fully saturated rings. The summed E-state index contributed by atoms with van der Waals surface area (Å²) in [6, 6.07) is 5.73. The zero-order chi connectivity index (χ0) is 11.8. The van der Waals surface area contributed by atoms with Crippen LogP contribution in [0.25, 0.3) is 0 Å². The van der Waals surface area contributed by atoms with Gasteiger partial charge in [-0.1, -0.05) is 24.6 Å². The summed E-state index contributed by atoms with van der Waals surface area (Å²) < 4.78 is 5.27. The van der Waals surface area contributed by atoms with Crippen molar-refractivity contribution in [3.8, 4) is 5.75 Å². The van der Waals surface area contributed by atoms with E-state index in [1.807, 2.05) is 30.0 Å². The fourth-order valence-electron chi connectivity index (χ4n) is 1.40. The summed E-state index contributed by atoms with van der Waals surface area (Å²) in [5, 5.41) is 4.13. The Morgan fingerprint density at radius 2 is 2.25 bits per heavy atom. The lowest BCUT2D eigenvalue weighted by Crippen LogP contribution is -2.17. The molecule has 0 saturated heterocycles. The van der Waals surface area contributed by atoms with E-state index in [4.69, 9.17) is 16.3 Å². The molecule has 0 unspecified atom stereocenters. The number of thioether (sulfide) groups is 1. The number of nitrogens with one attached hydrogen (secondary N) is 1. The molecule has 2 nitrogen and oxygen atoms in total. The summed E-state index contributed by atoms with van der Waals surface area (Å²) in [5.41, 5.74) is 1.04. The second kappa shape index (κ2) is 7.82. The second-order valence-electron chi connectivity index (χ2n) is 3.29. The molecule has 16 heavy (non-hydrogen) atoms. The van der Waals surface area contributed by atoms with Crippen LogP contribution in [0.1, 0.15) is 12.5 Å². The van der Waals surface area contributed by atoms with Crippen molar-refractivity contribution in [3.63, 3.8) is 0 Å². The predicted octanol–water partition coefficient (Wildman–Crippen LogP) is 3.19. The second-order valence-corrected chi connectivity index (χ2v) is 5.10. The van der Waals surface area contributed by atoms with Crippen LogP contribution in [-0.2, 0) is 6.54 Å². The van der Waals surface area contributed by atoms with Crippen molar-refractivity contribution in [1.82, 2.24) is 5.32 Å². The molecule has 0 aliphatic carbocycles. The lowest BCUT2D eigenvalue weighted by atomic mass is 10.2. The van der Waals surface area contributed by atoms with Crippen LogP contribution in [0.2, 0.25) is 5.02 Å². The van der Waals surface area contributed by atoms with Gasteiger partial charge in [0.2, 0.25) is 0 Å². The van der Waals surface area contributed by atoms with Gasteiger partial charge in [-0.15, -0.1) is 0 Å². The van der Waals surface area contributed by atoms with Crippen molar-refractivity contribution in [3.05, 3.63) is 28.8 Å². The highest BCUT2D eigenvalue weighted by Crippen LogP contribution is 2.25. The van der Waals surface area contributed by atoms with Gasteiger partial charge in [-0.05, 0) is 17.9 Å². The highest BCUT2D eigenvalue weighted by atomic mass is 35.5. The molecular formula is C12H18ClNOS. The van der Waals surface area contributed by atoms with Crippen LogP contribution in [0.15, 0.2) is 18.2 Å². The van der Waals surface area contributed by atoms with Crippen molar-refractivity contribution in [2.24, 2.45) is 0 Å². The van der Waals surface area contributed by atoms with E-state index >= 15 is 0 Å². The van der Waals surface area contributed by atoms with Gasteiger partial charge in [-0.2, -0.15) is 11.8 Å². The molecule has 90 valence electrons. The number of hydrogen-bond acceptors (Lipinski definition) is 3.